The summed E-state index contributed by atoms with van der Waals surface area (Å²) in [6.45, 7) is 0. The average molecular weight is 281 g/mol. The first-order chi connectivity index (χ1) is 7.74. The number of unbranched alkanes of at least 4 members (excludes halogenated alkanes) is 2. The molecule has 84 valence electrons. The van der Waals surface area contributed by atoms with Crippen LogP contribution in [0.1, 0.15) is 25.7 Å². The lowest BCUT2D eigenvalue weighted by Crippen LogP contribution is -2.11. The van der Waals surface area contributed by atoms with Gasteiger partial charge in [0.05, 0.1) is 10.2 Å². The van der Waals surface area contributed by atoms with Crippen molar-refractivity contribution in [2.45, 2.75) is 25.7 Å². The molecule has 0 saturated carbocycles. The van der Waals surface area contributed by atoms with E-state index in [4.69, 9.17) is 6.42 Å². The number of pyridine rings is 1. The molecule has 0 aromatic carbocycles. The zero-order chi connectivity index (χ0) is 11.8. The number of hydrogen-bond acceptors (Lipinski definition) is 2. The van der Waals surface area contributed by atoms with E-state index in [1.54, 1.807) is 18.5 Å². The van der Waals surface area contributed by atoms with Crippen molar-refractivity contribution in [3.05, 3.63) is 22.9 Å². The van der Waals surface area contributed by atoms with Gasteiger partial charge in [-0.25, -0.2) is 0 Å². The highest BCUT2D eigenvalue weighted by Crippen LogP contribution is 2.20. The Morgan fingerprint density at radius 3 is 3.06 bits per heavy atom. The van der Waals surface area contributed by atoms with Gasteiger partial charge in [-0.2, -0.15) is 0 Å². The van der Waals surface area contributed by atoms with Gasteiger partial charge in [0.2, 0.25) is 5.91 Å². The lowest BCUT2D eigenvalue weighted by Gasteiger charge is -2.05. The van der Waals surface area contributed by atoms with E-state index < -0.39 is 0 Å². The number of amides is 1. The summed E-state index contributed by atoms with van der Waals surface area (Å²) in [6, 6.07) is 1.75. The molecule has 0 fully saturated rings. The molecular weight excluding hydrogens is 268 g/mol. The van der Waals surface area contributed by atoms with Crippen molar-refractivity contribution in [2.24, 2.45) is 0 Å². The van der Waals surface area contributed by atoms with Crippen molar-refractivity contribution in [3.8, 4) is 12.3 Å². The number of aromatic nitrogens is 1. The molecule has 0 aliphatic rings. The highest BCUT2D eigenvalue weighted by atomic mass is 79.9. The molecule has 1 heterocycles. The summed E-state index contributed by atoms with van der Waals surface area (Å²) in [7, 11) is 0. The van der Waals surface area contributed by atoms with Crippen LogP contribution in [0.4, 0.5) is 5.69 Å². The minimum Gasteiger partial charge on any atom is -0.325 e. The van der Waals surface area contributed by atoms with Crippen LogP contribution in [0.3, 0.4) is 0 Å². The number of hydrogen-bond donors (Lipinski definition) is 1. The molecule has 0 unspecified atom stereocenters. The minimum atomic E-state index is 0.00363. The van der Waals surface area contributed by atoms with Gasteiger partial charge >= 0.3 is 0 Å². The highest BCUT2D eigenvalue weighted by Gasteiger charge is 2.04. The van der Waals surface area contributed by atoms with Crippen LogP contribution in [-0.4, -0.2) is 10.9 Å². The first-order valence-electron chi connectivity index (χ1n) is 5.07. The molecule has 1 N–H and O–H groups in total. The molecule has 1 rings (SSSR count). The van der Waals surface area contributed by atoms with E-state index in [0.717, 1.165) is 29.4 Å². The van der Waals surface area contributed by atoms with E-state index >= 15 is 0 Å². The van der Waals surface area contributed by atoms with Gasteiger partial charge in [-0.05, 0) is 34.8 Å². The SMILES string of the molecule is C#CCCCCC(=O)Nc1ccncc1Br. The Morgan fingerprint density at radius 2 is 2.38 bits per heavy atom. The van der Waals surface area contributed by atoms with Crippen LogP contribution in [0.2, 0.25) is 0 Å². The van der Waals surface area contributed by atoms with E-state index in [1.165, 1.54) is 0 Å². The molecule has 0 radical (unpaired) electrons. The number of carbonyl (C=O) groups is 1. The summed E-state index contributed by atoms with van der Waals surface area (Å²) in [4.78, 5) is 15.4. The van der Waals surface area contributed by atoms with Crippen LogP contribution in [0.5, 0.6) is 0 Å². The molecule has 0 bridgehead atoms. The molecule has 1 aromatic heterocycles. The van der Waals surface area contributed by atoms with E-state index in [0.29, 0.717) is 6.42 Å². The molecule has 1 amide bonds. The van der Waals surface area contributed by atoms with E-state index in [-0.39, 0.29) is 5.91 Å². The molecule has 16 heavy (non-hydrogen) atoms. The Morgan fingerprint density at radius 1 is 1.56 bits per heavy atom. The monoisotopic (exact) mass is 280 g/mol. The van der Waals surface area contributed by atoms with Crippen molar-refractivity contribution in [1.29, 1.82) is 0 Å². The topological polar surface area (TPSA) is 42.0 Å². The third-order valence-corrected chi connectivity index (χ3v) is 2.65. The fourth-order valence-corrected chi connectivity index (χ4v) is 1.55. The third-order valence-electron chi connectivity index (χ3n) is 2.02. The molecule has 0 atom stereocenters. The molecular formula is C12H13BrN2O. The van der Waals surface area contributed by atoms with Crippen molar-refractivity contribution < 1.29 is 4.79 Å². The molecule has 1 aromatic rings. The quantitative estimate of drug-likeness (QED) is 0.666. The Balaban J connectivity index is 2.35. The second kappa shape index (κ2) is 7.02. The summed E-state index contributed by atoms with van der Waals surface area (Å²) in [5.41, 5.74) is 0.747. The first kappa shape index (κ1) is 12.7. The van der Waals surface area contributed by atoms with E-state index in [9.17, 15) is 4.79 Å². The fourth-order valence-electron chi connectivity index (χ4n) is 1.20. The largest absolute Gasteiger partial charge is 0.325 e. The Kier molecular flexibility index (Phi) is 5.58. The molecule has 3 nitrogen and oxygen atoms in total. The van der Waals surface area contributed by atoms with E-state index in [1.807, 2.05) is 0 Å². The Hall–Kier alpha value is -1.34. The smallest absolute Gasteiger partial charge is 0.224 e. The van der Waals surface area contributed by atoms with Gasteiger partial charge in [-0.15, -0.1) is 12.3 Å². The second-order valence-electron chi connectivity index (χ2n) is 3.31. The van der Waals surface area contributed by atoms with Crippen LogP contribution >= 0.6 is 15.9 Å². The van der Waals surface area contributed by atoms with Crippen molar-refractivity contribution >= 4 is 27.5 Å². The van der Waals surface area contributed by atoms with Gasteiger partial charge in [0, 0.05) is 25.2 Å². The summed E-state index contributed by atoms with van der Waals surface area (Å²) in [5, 5.41) is 2.81. The zero-order valence-electron chi connectivity index (χ0n) is 8.87. The first-order valence-corrected chi connectivity index (χ1v) is 5.86. The van der Waals surface area contributed by atoms with Gasteiger partial charge in [-0.1, -0.05) is 0 Å². The number of carbonyl (C=O) groups excluding carboxylic acids is 1. The van der Waals surface area contributed by atoms with Crippen molar-refractivity contribution in [2.75, 3.05) is 5.32 Å². The van der Waals surface area contributed by atoms with Gasteiger partial charge in [-0.3, -0.25) is 9.78 Å². The summed E-state index contributed by atoms with van der Waals surface area (Å²) in [6.07, 6.45) is 11.3. The predicted octanol–water partition coefficient (Wildman–Crippen LogP) is 2.98. The maximum absolute atomic E-state index is 11.5. The fraction of sp³-hybridized carbons (Fsp3) is 0.333. The van der Waals surface area contributed by atoms with E-state index in [2.05, 4.69) is 32.2 Å². The lowest BCUT2D eigenvalue weighted by molar-refractivity contribution is -0.116. The summed E-state index contributed by atoms with van der Waals surface area (Å²) < 4.78 is 0.784. The molecule has 0 aliphatic carbocycles. The normalized spacial score (nSPS) is 9.50. The number of nitrogens with one attached hydrogen (secondary N) is 1. The number of anilines is 1. The summed E-state index contributed by atoms with van der Waals surface area (Å²) in [5.74, 6) is 2.56. The zero-order valence-corrected chi connectivity index (χ0v) is 10.5. The molecule has 4 heteroatoms. The molecule has 0 aliphatic heterocycles. The number of halogens is 1. The van der Waals surface area contributed by atoms with Gasteiger partial charge < -0.3 is 5.32 Å². The van der Waals surface area contributed by atoms with Crippen molar-refractivity contribution in [3.63, 3.8) is 0 Å². The Bertz CT molecular complexity index is 398. The third kappa shape index (κ3) is 4.45. The standard InChI is InChI=1S/C12H13BrN2O/c1-2-3-4-5-6-12(16)15-11-7-8-14-9-10(11)13/h1,7-9H,3-6H2,(H,14,15,16). The maximum atomic E-state index is 11.5. The van der Waals surface area contributed by atoms with Crippen LogP contribution in [0, 0.1) is 12.3 Å². The molecule has 0 spiro atoms. The van der Waals surface area contributed by atoms with Gasteiger partial charge in [0.15, 0.2) is 0 Å². The predicted molar refractivity (Wildman–Crippen MR) is 67.9 cm³/mol. The number of terminal acetylenes is 1. The van der Waals surface area contributed by atoms with Crippen LogP contribution in [-0.2, 0) is 4.79 Å². The highest BCUT2D eigenvalue weighted by molar-refractivity contribution is 9.10. The maximum Gasteiger partial charge on any atom is 0.224 e. The lowest BCUT2D eigenvalue weighted by atomic mass is 10.2. The Labute approximate surface area is 104 Å². The molecule has 0 saturated heterocycles. The van der Waals surface area contributed by atoms with Crippen molar-refractivity contribution in [1.82, 2.24) is 4.98 Å². The number of rotatable bonds is 5. The van der Waals surface area contributed by atoms with Crippen LogP contribution in [0.25, 0.3) is 0 Å². The minimum absolute atomic E-state index is 0.00363. The van der Waals surface area contributed by atoms with Gasteiger partial charge in [0.1, 0.15) is 0 Å². The van der Waals surface area contributed by atoms with Crippen LogP contribution in [0.15, 0.2) is 22.9 Å². The number of nitrogens with zero attached hydrogens (tertiary/aromatic N) is 1. The van der Waals surface area contributed by atoms with Gasteiger partial charge in [0.25, 0.3) is 0 Å². The average Bonchev–Trinajstić information content (AvgIpc) is 2.28. The second-order valence-corrected chi connectivity index (χ2v) is 4.17. The van der Waals surface area contributed by atoms with Crippen LogP contribution < -0.4 is 5.32 Å². The summed E-state index contributed by atoms with van der Waals surface area (Å²) >= 11 is 3.31.